The highest BCUT2D eigenvalue weighted by molar-refractivity contribution is 5.94. The number of ether oxygens (including phenoxy) is 1. The summed E-state index contributed by atoms with van der Waals surface area (Å²) < 4.78 is 5.26. The quantitative estimate of drug-likeness (QED) is 0.703. The van der Waals surface area contributed by atoms with Crippen LogP contribution in [0.15, 0.2) is 24.3 Å². The van der Waals surface area contributed by atoms with Gasteiger partial charge in [0.1, 0.15) is 0 Å². The Bertz CT molecular complexity index is 544. The summed E-state index contributed by atoms with van der Waals surface area (Å²) in [4.78, 5) is 15.6. The van der Waals surface area contributed by atoms with Crippen molar-refractivity contribution < 1.29 is 14.6 Å². The Labute approximate surface area is 116 Å². The SMILES string of the molecule is O=C1COc2ccc(CN[C@@H]3C=C[C@H](O)CC3)nc2N1. The van der Waals surface area contributed by atoms with E-state index in [2.05, 4.69) is 15.6 Å². The highest BCUT2D eigenvalue weighted by Gasteiger charge is 2.18. The average Bonchev–Trinajstić information content (AvgIpc) is 2.46. The number of fused-ring (bicyclic) bond motifs is 1. The average molecular weight is 275 g/mol. The van der Waals surface area contributed by atoms with Crippen LogP contribution in [-0.2, 0) is 11.3 Å². The summed E-state index contributed by atoms with van der Waals surface area (Å²) in [5, 5.41) is 15.4. The van der Waals surface area contributed by atoms with Crippen LogP contribution in [0.2, 0.25) is 0 Å². The number of anilines is 1. The van der Waals surface area contributed by atoms with E-state index in [4.69, 9.17) is 4.74 Å². The van der Waals surface area contributed by atoms with E-state index in [-0.39, 0.29) is 24.7 Å². The first-order valence-corrected chi connectivity index (χ1v) is 6.73. The zero-order valence-corrected chi connectivity index (χ0v) is 11.0. The summed E-state index contributed by atoms with van der Waals surface area (Å²) >= 11 is 0. The van der Waals surface area contributed by atoms with Crippen molar-refractivity contribution in [2.45, 2.75) is 31.5 Å². The van der Waals surface area contributed by atoms with Gasteiger partial charge >= 0.3 is 0 Å². The number of nitrogens with zero attached hydrogens (tertiary/aromatic N) is 1. The van der Waals surface area contributed by atoms with Crippen LogP contribution in [0, 0.1) is 0 Å². The zero-order valence-electron chi connectivity index (χ0n) is 11.0. The fourth-order valence-electron chi connectivity index (χ4n) is 2.31. The van der Waals surface area contributed by atoms with E-state index in [1.165, 1.54) is 0 Å². The number of aliphatic hydroxyl groups is 1. The molecule has 2 atom stereocenters. The lowest BCUT2D eigenvalue weighted by atomic mass is 10.0. The van der Waals surface area contributed by atoms with Crippen LogP contribution in [0.5, 0.6) is 5.75 Å². The van der Waals surface area contributed by atoms with E-state index in [0.29, 0.717) is 18.1 Å². The summed E-state index contributed by atoms with van der Waals surface area (Å²) in [7, 11) is 0. The van der Waals surface area contributed by atoms with Gasteiger partial charge in [0.15, 0.2) is 18.2 Å². The summed E-state index contributed by atoms with van der Waals surface area (Å²) in [6.07, 6.45) is 5.16. The predicted molar refractivity (Wildman–Crippen MR) is 73.4 cm³/mol. The number of amides is 1. The smallest absolute Gasteiger partial charge is 0.263 e. The Morgan fingerprint density at radius 1 is 1.40 bits per heavy atom. The topological polar surface area (TPSA) is 83.5 Å². The highest BCUT2D eigenvalue weighted by Crippen LogP contribution is 2.25. The second kappa shape index (κ2) is 5.60. The minimum atomic E-state index is -0.317. The largest absolute Gasteiger partial charge is 0.480 e. The molecule has 0 radical (unpaired) electrons. The third-order valence-corrected chi connectivity index (χ3v) is 3.42. The number of pyridine rings is 1. The molecule has 2 heterocycles. The van der Waals surface area contributed by atoms with Crippen LogP contribution in [0.1, 0.15) is 18.5 Å². The number of rotatable bonds is 3. The van der Waals surface area contributed by atoms with Gasteiger partial charge in [0.25, 0.3) is 5.91 Å². The second-order valence-electron chi connectivity index (χ2n) is 5.00. The highest BCUT2D eigenvalue weighted by atomic mass is 16.5. The fraction of sp³-hybridized carbons (Fsp3) is 0.429. The summed E-state index contributed by atoms with van der Waals surface area (Å²) in [6.45, 7) is 0.649. The van der Waals surface area contributed by atoms with E-state index in [9.17, 15) is 9.90 Å². The Balaban J connectivity index is 1.62. The first kappa shape index (κ1) is 13.1. The van der Waals surface area contributed by atoms with E-state index >= 15 is 0 Å². The Hall–Kier alpha value is -1.92. The van der Waals surface area contributed by atoms with Gasteiger partial charge in [-0.3, -0.25) is 4.79 Å². The van der Waals surface area contributed by atoms with Gasteiger partial charge in [-0.1, -0.05) is 12.2 Å². The van der Waals surface area contributed by atoms with E-state index in [1.54, 1.807) is 0 Å². The molecule has 0 unspecified atom stereocenters. The molecule has 0 saturated heterocycles. The standard InChI is InChI=1S/C14H17N3O3/c18-11-4-1-9(2-5-11)15-7-10-3-6-12-14(16-10)17-13(19)8-20-12/h1,3-4,6,9,11,15,18H,2,5,7-8H2,(H,16,17,19)/t9-,11+/m1/s1. The molecule has 1 aliphatic carbocycles. The Kier molecular flexibility index (Phi) is 3.66. The molecule has 3 rings (SSSR count). The van der Waals surface area contributed by atoms with Crippen LogP contribution in [0.3, 0.4) is 0 Å². The van der Waals surface area contributed by atoms with Gasteiger partial charge in [-0.25, -0.2) is 4.98 Å². The van der Waals surface area contributed by atoms with Gasteiger partial charge in [-0.05, 0) is 25.0 Å². The monoisotopic (exact) mass is 275 g/mol. The Morgan fingerprint density at radius 2 is 2.30 bits per heavy atom. The fourth-order valence-corrected chi connectivity index (χ4v) is 2.31. The third kappa shape index (κ3) is 2.97. The first-order chi connectivity index (χ1) is 9.70. The molecule has 0 fully saturated rings. The van der Waals surface area contributed by atoms with Crippen LogP contribution in [0.4, 0.5) is 5.82 Å². The molecular formula is C14H17N3O3. The first-order valence-electron chi connectivity index (χ1n) is 6.73. The van der Waals surface area contributed by atoms with Crippen molar-refractivity contribution >= 4 is 11.7 Å². The number of hydrogen-bond donors (Lipinski definition) is 3. The van der Waals surface area contributed by atoms with Gasteiger partial charge in [0.05, 0.1) is 11.8 Å². The molecule has 1 amide bonds. The Morgan fingerprint density at radius 3 is 3.10 bits per heavy atom. The molecule has 0 aromatic carbocycles. The number of aliphatic hydroxyl groups excluding tert-OH is 1. The van der Waals surface area contributed by atoms with Gasteiger partial charge in [0, 0.05) is 12.6 Å². The van der Waals surface area contributed by atoms with Crippen LogP contribution in [-0.4, -0.2) is 34.8 Å². The molecule has 1 aromatic rings. The minimum Gasteiger partial charge on any atom is -0.480 e. The lowest BCUT2D eigenvalue weighted by molar-refractivity contribution is -0.118. The van der Waals surface area contributed by atoms with Crippen molar-refractivity contribution in [3.8, 4) is 5.75 Å². The number of aromatic nitrogens is 1. The van der Waals surface area contributed by atoms with Crippen LogP contribution >= 0.6 is 0 Å². The molecule has 0 saturated carbocycles. The molecule has 3 N–H and O–H groups in total. The van der Waals surface area contributed by atoms with Crippen molar-refractivity contribution in [1.82, 2.24) is 10.3 Å². The molecule has 1 aliphatic heterocycles. The van der Waals surface area contributed by atoms with Gasteiger partial charge < -0.3 is 20.5 Å². The van der Waals surface area contributed by atoms with Crippen molar-refractivity contribution in [2.24, 2.45) is 0 Å². The normalized spacial score (nSPS) is 24.8. The molecule has 0 spiro atoms. The lowest BCUT2D eigenvalue weighted by Gasteiger charge is -2.21. The molecule has 20 heavy (non-hydrogen) atoms. The van der Waals surface area contributed by atoms with Crippen LogP contribution < -0.4 is 15.4 Å². The molecule has 2 aliphatic rings. The number of carbonyl (C=O) groups excluding carboxylic acids is 1. The third-order valence-electron chi connectivity index (χ3n) is 3.42. The van der Waals surface area contributed by atoms with Crippen molar-refractivity contribution in [3.63, 3.8) is 0 Å². The minimum absolute atomic E-state index is 0.0431. The van der Waals surface area contributed by atoms with E-state index in [1.807, 2.05) is 24.3 Å². The summed E-state index contributed by atoms with van der Waals surface area (Å²) in [5.74, 6) is 0.906. The van der Waals surface area contributed by atoms with Gasteiger partial charge in [-0.15, -0.1) is 0 Å². The molecular weight excluding hydrogens is 258 g/mol. The maximum atomic E-state index is 11.2. The maximum absolute atomic E-state index is 11.2. The maximum Gasteiger partial charge on any atom is 0.263 e. The predicted octanol–water partition coefficient (Wildman–Crippen LogP) is 0.582. The lowest BCUT2D eigenvalue weighted by Crippen LogP contribution is -2.31. The van der Waals surface area contributed by atoms with Crippen molar-refractivity contribution in [1.29, 1.82) is 0 Å². The summed E-state index contributed by atoms with van der Waals surface area (Å²) in [5.41, 5.74) is 0.842. The zero-order chi connectivity index (χ0) is 13.9. The molecule has 1 aromatic heterocycles. The number of hydrogen-bond acceptors (Lipinski definition) is 5. The van der Waals surface area contributed by atoms with Gasteiger partial charge in [-0.2, -0.15) is 0 Å². The van der Waals surface area contributed by atoms with E-state index in [0.717, 1.165) is 18.5 Å². The number of nitrogens with one attached hydrogen (secondary N) is 2. The molecule has 0 bridgehead atoms. The van der Waals surface area contributed by atoms with E-state index < -0.39 is 0 Å². The summed E-state index contributed by atoms with van der Waals surface area (Å²) in [6, 6.07) is 3.95. The number of carbonyl (C=O) groups is 1. The second-order valence-corrected chi connectivity index (χ2v) is 5.00. The molecule has 106 valence electrons. The van der Waals surface area contributed by atoms with Crippen molar-refractivity contribution in [3.05, 3.63) is 30.0 Å². The van der Waals surface area contributed by atoms with Crippen LogP contribution in [0.25, 0.3) is 0 Å². The van der Waals surface area contributed by atoms with Crippen molar-refractivity contribution in [2.75, 3.05) is 11.9 Å². The molecule has 6 heteroatoms. The van der Waals surface area contributed by atoms with Gasteiger partial charge in [0.2, 0.25) is 0 Å². The molecule has 6 nitrogen and oxygen atoms in total.